The van der Waals surface area contributed by atoms with E-state index in [1.165, 1.54) is 12.1 Å². The summed E-state index contributed by atoms with van der Waals surface area (Å²) in [7, 11) is 1.59. The summed E-state index contributed by atoms with van der Waals surface area (Å²) in [6.07, 6.45) is 0.872. The number of rotatable bonds is 5. The molecule has 1 amide bonds. The third kappa shape index (κ3) is 5.37. The molecule has 0 radical (unpaired) electrons. The van der Waals surface area contributed by atoms with Crippen molar-refractivity contribution in [2.24, 2.45) is 10.7 Å². The average Bonchev–Trinajstić information content (AvgIpc) is 2.62. The highest BCUT2D eigenvalue weighted by atomic mass is 79.9. The van der Waals surface area contributed by atoms with Crippen LogP contribution < -0.4 is 5.73 Å². The van der Waals surface area contributed by atoms with Crippen LogP contribution in [0, 0.1) is 5.82 Å². The van der Waals surface area contributed by atoms with E-state index in [1.54, 1.807) is 18.9 Å². The van der Waals surface area contributed by atoms with Gasteiger partial charge in [-0.25, -0.2) is 4.39 Å². The molecule has 0 atom stereocenters. The Morgan fingerprint density at radius 3 is 2.36 bits per heavy atom. The number of hydrogen-bond acceptors (Lipinski definition) is 4. The molecule has 7 heteroatoms. The molecule has 1 aliphatic rings. The van der Waals surface area contributed by atoms with Crippen molar-refractivity contribution in [3.05, 3.63) is 45.8 Å². The molecule has 0 saturated carbocycles. The van der Waals surface area contributed by atoms with Gasteiger partial charge in [0.15, 0.2) is 0 Å². The van der Waals surface area contributed by atoms with E-state index in [0.717, 1.165) is 31.6 Å². The molecule has 0 aromatic heterocycles. The van der Waals surface area contributed by atoms with Gasteiger partial charge >= 0.3 is 0 Å². The van der Waals surface area contributed by atoms with Gasteiger partial charge in [-0.2, -0.15) is 0 Å². The van der Waals surface area contributed by atoms with Crippen molar-refractivity contribution in [3.8, 4) is 0 Å². The summed E-state index contributed by atoms with van der Waals surface area (Å²) in [5, 5.41) is 0. The fraction of sp³-hybridized carbons (Fsp3) is 0.444. The number of benzene rings is 1. The SMILES string of the molecule is CN=C(C(=O)N1CCN(CCc2ccc(F)cc2)CC1)C(Br)=C(C)N. The van der Waals surface area contributed by atoms with Crippen LogP contribution in [0.4, 0.5) is 4.39 Å². The maximum absolute atomic E-state index is 12.9. The zero-order valence-corrected chi connectivity index (χ0v) is 16.2. The third-order valence-electron chi connectivity index (χ3n) is 4.27. The minimum Gasteiger partial charge on any atom is -0.401 e. The van der Waals surface area contributed by atoms with Crippen LogP contribution in [0.15, 0.2) is 39.4 Å². The van der Waals surface area contributed by atoms with E-state index in [1.807, 2.05) is 12.1 Å². The lowest BCUT2D eigenvalue weighted by Gasteiger charge is -2.35. The van der Waals surface area contributed by atoms with Crippen LogP contribution >= 0.6 is 15.9 Å². The molecule has 0 unspecified atom stereocenters. The van der Waals surface area contributed by atoms with Gasteiger partial charge in [0.2, 0.25) is 0 Å². The monoisotopic (exact) mass is 410 g/mol. The smallest absolute Gasteiger partial charge is 0.273 e. The lowest BCUT2D eigenvalue weighted by atomic mass is 10.1. The number of carbonyl (C=O) groups excluding carboxylic acids is 1. The van der Waals surface area contributed by atoms with E-state index in [-0.39, 0.29) is 11.7 Å². The van der Waals surface area contributed by atoms with Crippen LogP contribution in [0.2, 0.25) is 0 Å². The Morgan fingerprint density at radius 2 is 1.84 bits per heavy atom. The van der Waals surface area contributed by atoms with Gasteiger partial charge in [0.1, 0.15) is 11.5 Å². The number of aliphatic imine (C=N–C) groups is 1. The second-order valence-corrected chi connectivity index (χ2v) is 6.87. The standard InChI is InChI=1S/C18H24BrFN4O/c1-13(21)16(19)17(22-2)18(25)24-11-9-23(10-12-24)8-7-14-3-5-15(20)6-4-14/h3-6H,7-12,21H2,1-2H3. The van der Waals surface area contributed by atoms with Gasteiger partial charge in [-0.15, -0.1) is 0 Å². The molecule has 1 heterocycles. The molecule has 0 spiro atoms. The molecule has 1 fully saturated rings. The minimum absolute atomic E-state index is 0.0997. The Bertz CT molecular complexity index is 660. The normalized spacial score (nSPS) is 17.4. The highest BCUT2D eigenvalue weighted by Gasteiger charge is 2.26. The Morgan fingerprint density at radius 1 is 1.24 bits per heavy atom. The number of hydrogen-bond donors (Lipinski definition) is 1. The molecule has 1 aliphatic heterocycles. The molecule has 2 N–H and O–H groups in total. The van der Waals surface area contributed by atoms with Crippen LogP contribution in [0.3, 0.4) is 0 Å². The number of amides is 1. The zero-order chi connectivity index (χ0) is 18.4. The predicted octanol–water partition coefficient (Wildman–Crippen LogP) is 2.17. The molecule has 0 bridgehead atoms. The van der Waals surface area contributed by atoms with Crippen molar-refractivity contribution in [1.82, 2.24) is 9.80 Å². The van der Waals surface area contributed by atoms with E-state index in [9.17, 15) is 9.18 Å². The fourth-order valence-electron chi connectivity index (χ4n) is 2.74. The first-order valence-electron chi connectivity index (χ1n) is 8.27. The van der Waals surface area contributed by atoms with Gasteiger partial charge < -0.3 is 10.6 Å². The Kier molecular flexibility index (Phi) is 7.13. The maximum Gasteiger partial charge on any atom is 0.273 e. The van der Waals surface area contributed by atoms with Gasteiger partial charge in [-0.1, -0.05) is 12.1 Å². The van der Waals surface area contributed by atoms with Gasteiger partial charge in [0.05, 0.1) is 4.48 Å². The Labute approximate surface area is 156 Å². The van der Waals surface area contributed by atoms with Crippen LogP contribution in [0.1, 0.15) is 12.5 Å². The van der Waals surface area contributed by atoms with Crippen molar-refractivity contribution in [1.29, 1.82) is 0 Å². The lowest BCUT2D eigenvalue weighted by Crippen LogP contribution is -2.51. The number of carbonyl (C=O) groups is 1. The molecule has 1 aromatic carbocycles. The number of nitrogens with two attached hydrogens (primary N) is 1. The minimum atomic E-state index is -0.211. The molecule has 0 aliphatic carbocycles. The van der Waals surface area contributed by atoms with Gasteiger partial charge in [-0.05, 0) is 47.0 Å². The largest absolute Gasteiger partial charge is 0.401 e. The quantitative estimate of drug-likeness (QED) is 0.756. The highest BCUT2D eigenvalue weighted by molar-refractivity contribution is 9.12. The molecular weight excluding hydrogens is 387 g/mol. The van der Waals surface area contributed by atoms with Crippen molar-refractivity contribution in [3.63, 3.8) is 0 Å². The summed E-state index contributed by atoms with van der Waals surface area (Å²) in [5.41, 5.74) is 7.77. The second-order valence-electron chi connectivity index (χ2n) is 6.08. The predicted molar refractivity (Wildman–Crippen MR) is 102 cm³/mol. The Balaban J connectivity index is 1.85. The molecule has 1 aromatic rings. The second kappa shape index (κ2) is 9.10. The number of halogens is 2. The molecule has 1 saturated heterocycles. The molecule has 136 valence electrons. The van der Waals surface area contributed by atoms with E-state index >= 15 is 0 Å². The third-order valence-corrected chi connectivity index (χ3v) is 5.27. The molecule has 2 rings (SSSR count). The zero-order valence-electron chi connectivity index (χ0n) is 14.6. The summed E-state index contributed by atoms with van der Waals surface area (Å²) in [6.45, 7) is 5.57. The van der Waals surface area contributed by atoms with E-state index in [4.69, 9.17) is 5.73 Å². The number of allylic oxidation sites excluding steroid dienone is 1. The van der Waals surface area contributed by atoms with E-state index in [2.05, 4.69) is 25.8 Å². The van der Waals surface area contributed by atoms with E-state index < -0.39 is 0 Å². The van der Waals surface area contributed by atoms with Crippen LogP contribution in [-0.2, 0) is 11.2 Å². The first kappa shape index (κ1) is 19.6. The van der Waals surface area contributed by atoms with Gasteiger partial charge in [0.25, 0.3) is 5.91 Å². The molecule has 25 heavy (non-hydrogen) atoms. The molecule has 5 nitrogen and oxygen atoms in total. The highest BCUT2D eigenvalue weighted by Crippen LogP contribution is 2.14. The summed E-state index contributed by atoms with van der Waals surface area (Å²) in [5.74, 6) is -0.311. The van der Waals surface area contributed by atoms with Gasteiger partial charge in [0, 0.05) is 45.5 Å². The van der Waals surface area contributed by atoms with Crippen molar-refractivity contribution in [2.45, 2.75) is 13.3 Å². The summed E-state index contributed by atoms with van der Waals surface area (Å²) in [6, 6.07) is 6.61. The average molecular weight is 411 g/mol. The van der Waals surface area contributed by atoms with Crippen LogP contribution in [0.5, 0.6) is 0 Å². The first-order valence-corrected chi connectivity index (χ1v) is 9.06. The maximum atomic E-state index is 12.9. The lowest BCUT2D eigenvalue weighted by molar-refractivity contribution is -0.125. The first-order chi connectivity index (χ1) is 11.9. The Hall–Kier alpha value is -1.73. The summed E-state index contributed by atoms with van der Waals surface area (Å²) < 4.78 is 13.5. The fourth-order valence-corrected chi connectivity index (χ4v) is 3.08. The van der Waals surface area contributed by atoms with Crippen molar-refractivity contribution >= 4 is 27.5 Å². The van der Waals surface area contributed by atoms with Crippen LogP contribution in [0.25, 0.3) is 0 Å². The van der Waals surface area contributed by atoms with Gasteiger partial charge in [-0.3, -0.25) is 14.7 Å². The summed E-state index contributed by atoms with van der Waals surface area (Å²) in [4.78, 5) is 20.8. The summed E-state index contributed by atoms with van der Waals surface area (Å²) >= 11 is 3.34. The number of nitrogens with zero attached hydrogens (tertiary/aromatic N) is 3. The van der Waals surface area contributed by atoms with Crippen LogP contribution in [-0.4, -0.2) is 61.2 Å². The number of piperazine rings is 1. The van der Waals surface area contributed by atoms with E-state index in [0.29, 0.717) is 29.0 Å². The topological polar surface area (TPSA) is 61.9 Å². The van der Waals surface area contributed by atoms with Crippen molar-refractivity contribution in [2.75, 3.05) is 39.8 Å². The molecular formula is C18H24BrFN4O. The van der Waals surface area contributed by atoms with Crippen molar-refractivity contribution < 1.29 is 9.18 Å².